The van der Waals surface area contributed by atoms with Gasteiger partial charge < -0.3 is 29.8 Å². The number of fused-ring (bicyclic) bond motifs is 4. The van der Waals surface area contributed by atoms with Crippen LogP contribution in [0.25, 0.3) is 10.9 Å². The van der Waals surface area contributed by atoms with Gasteiger partial charge in [-0.2, -0.15) is 0 Å². The Labute approximate surface area is 255 Å². The lowest BCUT2D eigenvalue weighted by molar-refractivity contribution is -0.122. The number of nitrogens with zero attached hydrogens (tertiary/aromatic N) is 2. The van der Waals surface area contributed by atoms with E-state index in [0.717, 1.165) is 22.3 Å². The number of aliphatic hydroxyl groups is 1. The largest absolute Gasteiger partial charge is 0.497 e. The fourth-order valence-corrected chi connectivity index (χ4v) is 6.77. The molecule has 9 nitrogen and oxygen atoms in total. The highest BCUT2D eigenvalue weighted by molar-refractivity contribution is 5.94. The van der Waals surface area contributed by atoms with Crippen LogP contribution in [0.1, 0.15) is 46.1 Å². The second-order valence-corrected chi connectivity index (χ2v) is 11.6. The predicted octanol–water partition coefficient (Wildman–Crippen LogP) is 4.16. The second-order valence-electron chi connectivity index (χ2n) is 11.6. The van der Waals surface area contributed by atoms with Gasteiger partial charge in [0.25, 0.3) is 11.8 Å². The van der Waals surface area contributed by atoms with Gasteiger partial charge in [0.2, 0.25) is 0 Å². The normalized spacial score (nSPS) is 17.8. The number of aromatic amines is 1. The van der Waals surface area contributed by atoms with E-state index in [9.17, 15) is 19.1 Å². The third kappa shape index (κ3) is 5.51. The fourth-order valence-electron chi connectivity index (χ4n) is 6.77. The number of amides is 2. The first-order valence-electron chi connectivity index (χ1n) is 14.9. The maximum atomic E-state index is 14.8. The van der Waals surface area contributed by atoms with Crippen LogP contribution in [-0.4, -0.2) is 78.7 Å². The number of benzene rings is 3. The SMILES string of the molecule is CNC(=O)COc1ccc(C(=O)N2CCC3(CC2)CN(Cc2ccccc2F)C(CO)c2[nH]c4cc(OC)ccc4c23)cc1. The van der Waals surface area contributed by atoms with E-state index in [4.69, 9.17) is 9.47 Å². The molecule has 0 radical (unpaired) electrons. The first-order valence-corrected chi connectivity index (χ1v) is 14.9. The number of aromatic nitrogens is 1. The Kier molecular flexibility index (Phi) is 8.29. The van der Waals surface area contributed by atoms with Gasteiger partial charge >= 0.3 is 0 Å². The Morgan fingerprint density at radius 2 is 1.80 bits per heavy atom. The molecule has 6 rings (SSSR count). The summed E-state index contributed by atoms with van der Waals surface area (Å²) < 4.78 is 25.8. The summed E-state index contributed by atoms with van der Waals surface area (Å²) >= 11 is 0. The second kappa shape index (κ2) is 12.3. The number of hydrogen-bond acceptors (Lipinski definition) is 6. The van der Waals surface area contributed by atoms with Gasteiger partial charge in [-0.15, -0.1) is 0 Å². The van der Waals surface area contributed by atoms with Crippen molar-refractivity contribution in [2.24, 2.45) is 0 Å². The van der Waals surface area contributed by atoms with Crippen LogP contribution in [0.4, 0.5) is 4.39 Å². The molecule has 1 aromatic heterocycles. The number of rotatable bonds is 8. The van der Waals surface area contributed by atoms with E-state index >= 15 is 0 Å². The van der Waals surface area contributed by atoms with E-state index in [-0.39, 0.29) is 42.3 Å². The summed E-state index contributed by atoms with van der Waals surface area (Å²) in [6.45, 7) is 1.87. The van der Waals surface area contributed by atoms with Crippen LogP contribution in [-0.2, 0) is 16.8 Å². The Bertz CT molecular complexity index is 1660. The van der Waals surface area contributed by atoms with E-state index in [2.05, 4.69) is 21.3 Å². The number of likely N-dealkylation sites (N-methyl/N-ethyl adjacent to an activating group) is 1. The van der Waals surface area contributed by atoms with E-state index in [1.165, 1.54) is 11.6 Å². The van der Waals surface area contributed by atoms with E-state index in [0.29, 0.717) is 55.9 Å². The van der Waals surface area contributed by atoms with Crippen molar-refractivity contribution in [1.82, 2.24) is 20.1 Å². The molecule has 230 valence electrons. The Balaban J connectivity index is 1.28. The number of nitrogens with one attached hydrogen (secondary N) is 2. The summed E-state index contributed by atoms with van der Waals surface area (Å²) in [4.78, 5) is 32.6. The first kappa shape index (κ1) is 29.7. The number of likely N-dealkylation sites (tertiary alicyclic amines) is 1. The molecule has 3 heterocycles. The summed E-state index contributed by atoms with van der Waals surface area (Å²) in [6.07, 6.45) is 1.42. The van der Waals surface area contributed by atoms with Gasteiger partial charge in [-0.1, -0.05) is 18.2 Å². The highest BCUT2D eigenvalue weighted by Crippen LogP contribution is 2.49. The third-order valence-corrected chi connectivity index (χ3v) is 9.11. The van der Waals surface area contributed by atoms with Crippen molar-refractivity contribution < 1.29 is 28.6 Å². The molecule has 1 saturated heterocycles. The fraction of sp³-hybridized carbons (Fsp3) is 0.353. The summed E-state index contributed by atoms with van der Waals surface area (Å²) in [5.41, 5.74) is 3.86. The highest BCUT2D eigenvalue weighted by Gasteiger charge is 2.48. The van der Waals surface area contributed by atoms with Crippen LogP contribution in [0.2, 0.25) is 0 Å². The van der Waals surface area contributed by atoms with E-state index in [1.807, 2.05) is 23.1 Å². The number of ether oxygens (including phenoxy) is 2. The van der Waals surface area contributed by atoms with Crippen molar-refractivity contribution in [2.75, 3.05) is 47.0 Å². The Hall–Kier alpha value is -4.41. The minimum Gasteiger partial charge on any atom is -0.497 e. The summed E-state index contributed by atoms with van der Waals surface area (Å²) in [5.74, 6) is 0.691. The molecule has 2 amide bonds. The molecule has 10 heteroatoms. The van der Waals surface area contributed by atoms with Crippen LogP contribution >= 0.6 is 0 Å². The maximum Gasteiger partial charge on any atom is 0.257 e. The molecule has 3 aromatic carbocycles. The number of hydrogen-bond donors (Lipinski definition) is 3. The molecular weight excluding hydrogens is 563 g/mol. The molecular formula is C34H37FN4O5. The molecule has 2 aliphatic rings. The van der Waals surface area contributed by atoms with Crippen molar-refractivity contribution in [3.63, 3.8) is 0 Å². The number of carbonyl (C=O) groups is 2. The zero-order valence-corrected chi connectivity index (χ0v) is 24.9. The van der Waals surface area contributed by atoms with Crippen molar-refractivity contribution in [3.05, 3.63) is 94.9 Å². The van der Waals surface area contributed by atoms with Gasteiger partial charge in [0, 0.05) is 72.4 Å². The molecule has 0 saturated carbocycles. The first-order chi connectivity index (χ1) is 21.4. The van der Waals surface area contributed by atoms with E-state index < -0.39 is 0 Å². The molecule has 0 aliphatic carbocycles. The number of piperidine rings is 1. The van der Waals surface area contributed by atoms with Crippen molar-refractivity contribution in [2.45, 2.75) is 30.8 Å². The molecule has 2 aliphatic heterocycles. The van der Waals surface area contributed by atoms with Gasteiger partial charge in [0.1, 0.15) is 17.3 Å². The molecule has 1 unspecified atom stereocenters. The average Bonchev–Trinajstić information content (AvgIpc) is 3.44. The lowest BCUT2D eigenvalue weighted by Crippen LogP contribution is -2.54. The number of carbonyl (C=O) groups excluding carboxylic acids is 2. The van der Waals surface area contributed by atoms with Crippen molar-refractivity contribution in [1.29, 1.82) is 0 Å². The Morgan fingerprint density at radius 3 is 2.48 bits per heavy atom. The highest BCUT2D eigenvalue weighted by atomic mass is 19.1. The van der Waals surface area contributed by atoms with Crippen LogP contribution in [0.15, 0.2) is 66.7 Å². The number of halogens is 1. The maximum absolute atomic E-state index is 14.8. The number of aliphatic hydroxyl groups excluding tert-OH is 1. The van der Waals surface area contributed by atoms with Crippen molar-refractivity contribution >= 4 is 22.7 Å². The van der Waals surface area contributed by atoms with Crippen LogP contribution in [0.3, 0.4) is 0 Å². The molecule has 44 heavy (non-hydrogen) atoms. The lowest BCUT2D eigenvalue weighted by Gasteiger charge is -2.50. The molecule has 3 N–H and O–H groups in total. The number of methoxy groups -OCH3 is 1. The van der Waals surface area contributed by atoms with Crippen molar-refractivity contribution in [3.8, 4) is 11.5 Å². The topological polar surface area (TPSA) is 107 Å². The summed E-state index contributed by atoms with van der Waals surface area (Å²) in [7, 11) is 3.18. The summed E-state index contributed by atoms with van der Waals surface area (Å²) in [6, 6.07) is 19.3. The quantitative estimate of drug-likeness (QED) is 0.281. The smallest absolute Gasteiger partial charge is 0.257 e. The van der Waals surface area contributed by atoms with Gasteiger partial charge in [-0.05, 0) is 60.9 Å². The minimum absolute atomic E-state index is 0.0613. The predicted molar refractivity (Wildman–Crippen MR) is 164 cm³/mol. The van der Waals surface area contributed by atoms with Crippen LogP contribution < -0.4 is 14.8 Å². The standard InChI is InChI=1S/C34H37FN4O5/c1-36-30(41)20-44-24-9-7-22(8-10-24)33(42)38-15-13-34(14-16-38)21-39(18-23-5-3-4-6-27(23)35)29(19-40)32-31(34)26-12-11-25(43-2)17-28(26)37-32/h3-12,17,29,37,40H,13-16,18-21H2,1-2H3,(H,36,41). The molecule has 1 fully saturated rings. The zero-order valence-electron chi connectivity index (χ0n) is 24.9. The molecule has 4 aromatic rings. The van der Waals surface area contributed by atoms with Crippen LogP contribution in [0.5, 0.6) is 11.5 Å². The van der Waals surface area contributed by atoms with Gasteiger partial charge in [-0.25, -0.2) is 4.39 Å². The number of H-pyrrole nitrogens is 1. The minimum atomic E-state index is -0.336. The van der Waals surface area contributed by atoms with E-state index in [1.54, 1.807) is 50.6 Å². The van der Waals surface area contributed by atoms with Gasteiger partial charge in [-0.3, -0.25) is 14.5 Å². The van der Waals surface area contributed by atoms with Crippen LogP contribution in [0, 0.1) is 5.82 Å². The lowest BCUT2D eigenvalue weighted by atomic mass is 9.68. The third-order valence-electron chi connectivity index (χ3n) is 9.11. The molecule has 1 atom stereocenters. The van der Waals surface area contributed by atoms with Gasteiger partial charge in [0.05, 0.1) is 19.8 Å². The Morgan fingerprint density at radius 1 is 1.07 bits per heavy atom. The molecule has 0 bridgehead atoms. The zero-order chi connectivity index (χ0) is 30.8. The summed E-state index contributed by atoms with van der Waals surface area (Å²) in [5, 5.41) is 14.2. The monoisotopic (exact) mass is 600 g/mol. The average molecular weight is 601 g/mol. The molecule has 1 spiro atoms. The van der Waals surface area contributed by atoms with Gasteiger partial charge in [0.15, 0.2) is 6.61 Å².